The first-order valence-electron chi connectivity index (χ1n) is 2.69. The molecule has 0 aliphatic rings. The van der Waals surface area contributed by atoms with Gasteiger partial charge in [0.2, 0.25) is 0 Å². The van der Waals surface area contributed by atoms with Crippen LogP contribution in [0, 0.1) is 12.3 Å². The molecule has 8 heavy (non-hydrogen) atoms. The summed E-state index contributed by atoms with van der Waals surface area (Å²) in [6.07, 6.45) is 4.81. The number of hydrogen-bond donors (Lipinski definition) is 0. The van der Waals surface area contributed by atoms with Crippen molar-refractivity contribution in [3.63, 3.8) is 0 Å². The van der Waals surface area contributed by atoms with E-state index < -0.39 is 0 Å². The van der Waals surface area contributed by atoms with Gasteiger partial charge in [-0.3, -0.25) is 0 Å². The zero-order valence-electron chi connectivity index (χ0n) is 6.23. The van der Waals surface area contributed by atoms with E-state index in [2.05, 4.69) is 5.92 Å². The van der Waals surface area contributed by atoms with Crippen LogP contribution < -0.4 is 0 Å². The number of hydrogen-bond acceptors (Lipinski definition) is 1. The molecule has 0 spiro atoms. The van der Waals surface area contributed by atoms with Gasteiger partial charge in [-0.05, 0) is 27.2 Å². The Kier molecular flexibility index (Phi) is 13.2. The van der Waals surface area contributed by atoms with E-state index in [0.29, 0.717) is 0 Å². The average Bonchev–Trinajstić information content (AvgIpc) is 1.65. The molecule has 0 saturated carbocycles. The van der Waals surface area contributed by atoms with Gasteiger partial charge in [-0.1, -0.05) is 0 Å². The second-order valence-electron chi connectivity index (χ2n) is 1.90. The Labute approximate surface area is 55.5 Å². The maximum Gasteiger partial charge on any atom is 0.0178 e. The molecule has 2 heteroatoms. The van der Waals surface area contributed by atoms with E-state index >= 15 is 0 Å². The highest BCUT2D eigenvalue weighted by Gasteiger charge is 1.58. The van der Waals surface area contributed by atoms with Crippen molar-refractivity contribution in [3.05, 3.63) is 0 Å². The highest BCUT2D eigenvalue weighted by atomic mass is 28.1. The van der Waals surface area contributed by atoms with E-state index in [9.17, 15) is 0 Å². The summed E-state index contributed by atoms with van der Waals surface area (Å²) in [6.45, 7) is 0. The predicted octanol–water partition coefficient (Wildman–Crippen LogP) is -0.419. The van der Waals surface area contributed by atoms with Gasteiger partial charge in [-0.15, -0.1) is 12.3 Å². The lowest BCUT2D eigenvalue weighted by atomic mass is 10.8. The lowest BCUT2D eigenvalue weighted by Crippen LogP contribution is -1.99. The van der Waals surface area contributed by atoms with E-state index in [4.69, 9.17) is 6.42 Å². The van der Waals surface area contributed by atoms with Crippen LogP contribution in [0.1, 0.15) is 0 Å². The minimum atomic E-state index is 0.986. The Morgan fingerprint density at radius 3 is 1.62 bits per heavy atom. The second kappa shape index (κ2) is 9.88. The smallest absolute Gasteiger partial charge is 0.0178 e. The first-order valence-corrected chi connectivity index (χ1v) is 4.11. The molecular formula is C6H15NSi. The SMILES string of the molecule is C#CC[SiH3].CN(C)C. The van der Waals surface area contributed by atoms with Crippen molar-refractivity contribution >= 4 is 10.2 Å². The molecule has 0 aliphatic carbocycles. The van der Waals surface area contributed by atoms with Crippen molar-refractivity contribution in [1.82, 2.24) is 4.90 Å². The van der Waals surface area contributed by atoms with Gasteiger partial charge in [0.05, 0.1) is 0 Å². The van der Waals surface area contributed by atoms with Gasteiger partial charge in [0, 0.05) is 10.2 Å². The minimum absolute atomic E-state index is 0.986. The zero-order chi connectivity index (χ0) is 6.99. The molecule has 0 fully saturated rings. The van der Waals surface area contributed by atoms with Crippen LogP contribution in [0.5, 0.6) is 0 Å². The summed E-state index contributed by atoms with van der Waals surface area (Å²) in [5, 5.41) is 0. The van der Waals surface area contributed by atoms with Crippen LogP contribution in [0.3, 0.4) is 0 Å². The van der Waals surface area contributed by atoms with Gasteiger partial charge in [0.15, 0.2) is 0 Å². The summed E-state index contributed by atoms with van der Waals surface area (Å²) < 4.78 is 0. The van der Waals surface area contributed by atoms with Gasteiger partial charge in [-0.25, -0.2) is 0 Å². The van der Waals surface area contributed by atoms with Gasteiger partial charge in [0.1, 0.15) is 0 Å². The second-order valence-corrected chi connectivity index (χ2v) is 2.61. The molecule has 48 valence electrons. The number of terminal acetylenes is 1. The van der Waals surface area contributed by atoms with Gasteiger partial charge >= 0.3 is 0 Å². The topological polar surface area (TPSA) is 3.24 Å². The number of rotatable bonds is 0. The summed E-state index contributed by atoms with van der Waals surface area (Å²) in [6, 6.07) is 0.986. The summed E-state index contributed by atoms with van der Waals surface area (Å²) in [5.41, 5.74) is 0. The molecule has 0 aliphatic heterocycles. The van der Waals surface area contributed by atoms with Crippen molar-refractivity contribution in [1.29, 1.82) is 0 Å². The standard InChI is InChI=1S/C3H9N.C3H6Si/c1-4(2)3;1-2-3-4/h1-3H3;1H,3H2,4H3. The van der Waals surface area contributed by atoms with Crippen molar-refractivity contribution in [2.24, 2.45) is 0 Å². The van der Waals surface area contributed by atoms with Gasteiger partial charge < -0.3 is 4.90 Å². The largest absolute Gasteiger partial charge is 0.312 e. The highest BCUT2D eigenvalue weighted by molar-refractivity contribution is 6.10. The predicted molar refractivity (Wildman–Crippen MR) is 43.2 cm³/mol. The van der Waals surface area contributed by atoms with Crippen LogP contribution >= 0.6 is 0 Å². The van der Waals surface area contributed by atoms with Crippen LogP contribution in [0.4, 0.5) is 0 Å². The quantitative estimate of drug-likeness (QED) is 0.317. The maximum atomic E-state index is 4.81. The van der Waals surface area contributed by atoms with E-state index in [-0.39, 0.29) is 0 Å². The maximum absolute atomic E-state index is 4.81. The zero-order valence-corrected chi connectivity index (χ0v) is 8.23. The summed E-state index contributed by atoms with van der Waals surface area (Å²) >= 11 is 0. The lowest BCUT2D eigenvalue weighted by molar-refractivity contribution is 0.505. The van der Waals surface area contributed by atoms with E-state index in [1.54, 1.807) is 0 Å². The molecule has 0 heterocycles. The van der Waals surface area contributed by atoms with Crippen LogP contribution in [0.25, 0.3) is 0 Å². The first-order chi connectivity index (χ1) is 3.65. The molecule has 0 unspecified atom stereocenters. The van der Waals surface area contributed by atoms with Crippen LogP contribution in [0.2, 0.25) is 6.04 Å². The van der Waals surface area contributed by atoms with Gasteiger partial charge in [0.25, 0.3) is 0 Å². The van der Waals surface area contributed by atoms with Crippen LogP contribution in [-0.4, -0.2) is 36.3 Å². The third-order valence-corrected chi connectivity index (χ3v) is 0.612. The number of nitrogens with zero attached hydrogens (tertiary/aromatic N) is 1. The molecule has 0 radical (unpaired) electrons. The summed E-state index contributed by atoms with van der Waals surface area (Å²) in [5.74, 6) is 2.49. The van der Waals surface area contributed by atoms with E-state index in [0.717, 1.165) is 16.3 Å². The van der Waals surface area contributed by atoms with E-state index in [1.165, 1.54) is 0 Å². The van der Waals surface area contributed by atoms with Crippen LogP contribution in [0.15, 0.2) is 0 Å². The Hall–Kier alpha value is -0.263. The average molecular weight is 129 g/mol. The fourth-order valence-electron chi connectivity index (χ4n) is 0. The Morgan fingerprint density at radius 2 is 1.62 bits per heavy atom. The Morgan fingerprint density at radius 1 is 1.50 bits per heavy atom. The molecule has 0 amide bonds. The third kappa shape index (κ3) is 237. The molecule has 0 atom stereocenters. The highest BCUT2D eigenvalue weighted by Crippen LogP contribution is 1.52. The molecule has 0 rings (SSSR count). The molecule has 0 N–H and O–H groups in total. The molecule has 0 aromatic heterocycles. The van der Waals surface area contributed by atoms with E-state index in [1.807, 2.05) is 26.0 Å². The molecule has 0 aromatic rings. The van der Waals surface area contributed by atoms with Crippen molar-refractivity contribution < 1.29 is 0 Å². The molecule has 0 saturated heterocycles. The molecule has 0 bridgehead atoms. The van der Waals surface area contributed by atoms with Crippen LogP contribution in [-0.2, 0) is 0 Å². The summed E-state index contributed by atoms with van der Waals surface area (Å²) in [7, 11) is 7.15. The molecule has 1 nitrogen and oxygen atoms in total. The first kappa shape index (κ1) is 10.7. The van der Waals surface area contributed by atoms with Crippen molar-refractivity contribution in [2.45, 2.75) is 6.04 Å². The van der Waals surface area contributed by atoms with Crippen molar-refractivity contribution in [3.8, 4) is 12.3 Å². The Balaban J connectivity index is 0. The molecular weight excluding hydrogens is 114 g/mol. The molecule has 0 aromatic carbocycles. The van der Waals surface area contributed by atoms with Crippen molar-refractivity contribution in [2.75, 3.05) is 21.1 Å². The normalized spacial score (nSPS) is 7.38. The Bertz CT molecular complexity index is 60.7. The fraction of sp³-hybridized carbons (Fsp3) is 0.667. The lowest BCUT2D eigenvalue weighted by Gasteiger charge is -1.90. The minimum Gasteiger partial charge on any atom is -0.312 e. The summed E-state index contributed by atoms with van der Waals surface area (Å²) in [4.78, 5) is 2.00. The van der Waals surface area contributed by atoms with Gasteiger partial charge in [-0.2, -0.15) is 0 Å². The fourth-order valence-corrected chi connectivity index (χ4v) is 0. The third-order valence-electron chi connectivity index (χ3n) is 0.204. The monoisotopic (exact) mass is 129 g/mol.